The van der Waals surface area contributed by atoms with Gasteiger partial charge in [0.2, 0.25) is 0 Å². The molecule has 2 atom stereocenters. The number of nitrogens with two attached hydrogens (primary N) is 1. The summed E-state index contributed by atoms with van der Waals surface area (Å²) in [5.74, 6) is 0. The van der Waals surface area contributed by atoms with Gasteiger partial charge in [-0.15, -0.1) is 0 Å². The topological polar surface area (TPSA) is 44.5 Å². The molecule has 6 heteroatoms. The van der Waals surface area contributed by atoms with E-state index in [1.165, 1.54) is 12.1 Å². The predicted octanol–water partition coefficient (Wildman–Crippen LogP) is 2.47. The zero-order chi connectivity index (χ0) is 13.2. The fourth-order valence-corrected chi connectivity index (χ4v) is 1.79. The molecule has 0 spiro atoms. The fourth-order valence-electron chi connectivity index (χ4n) is 1.79. The predicted molar refractivity (Wildman–Crippen MR) is 58.7 cm³/mol. The van der Waals surface area contributed by atoms with Crippen LogP contribution >= 0.6 is 0 Å². The highest BCUT2D eigenvalue weighted by Crippen LogP contribution is 2.32. The molecule has 0 aliphatic carbocycles. The lowest BCUT2D eigenvalue weighted by Gasteiger charge is -2.12. The quantitative estimate of drug-likeness (QED) is 0.909. The first-order valence-corrected chi connectivity index (χ1v) is 5.65. The molecule has 1 saturated heterocycles. The van der Waals surface area contributed by atoms with Crippen molar-refractivity contribution in [2.45, 2.75) is 25.0 Å². The van der Waals surface area contributed by atoms with Crippen LogP contribution < -0.4 is 5.73 Å². The van der Waals surface area contributed by atoms with Gasteiger partial charge in [0.25, 0.3) is 0 Å². The highest BCUT2D eigenvalue weighted by molar-refractivity contribution is 5.25. The summed E-state index contributed by atoms with van der Waals surface area (Å²) in [6, 6.07) is 4.80. The molecule has 100 valence electrons. The number of halogens is 3. The Morgan fingerprint density at radius 3 is 2.44 bits per heavy atom. The minimum atomic E-state index is -4.32. The normalized spacial score (nSPS) is 24.4. The van der Waals surface area contributed by atoms with Crippen LogP contribution in [0.25, 0.3) is 0 Å². The molecule has 18 heavy (non-hydrogen) atoms. The SMILES string of the molecule is NCCC1COC(c2ccc(C(F)(F)F)cc2)O1. The molecule has 1 aliphatic rings. The molecule has 0 saturated carbocycles. The molecule has 3 nitrogen and oxygen atoms in total. The average molecular weight is 261 g/mol. The standard InChI is InChI=1S/C12H14F3NO2/c13-12(14,15)9-3-1-8(2-4-9)11-17-7-10(18-11)5-6-16/h1-4,10-11H,5-7,16H2. The Morgan fingerprint density at radius 1 is 1.22 bits per heavy atom. The Balaban J connectivity index is 2.03. The van der Waals surface area contributed by atoms with E-state index >= 15 is 0 Å². The van der Waals surface area contributed by atoms with E-state index in [0.717, 1.165) is 12.1 Å². The zero-order valence-corrected chi connectivity index (χ0v) is 9.61. The number of hydrogen-bond donors (Lipinski definition) is 1. The largest absolute Gasteiger partial charge is 0.416 e. The summed E-state index contributed by atoms with van der Waals surface area (Å²) in [6.45, 7) is 0.913. The number of hydrogen-bond acceptors (Lipinski definition) is 3. The summed E-state index contributed by atoms with van der Waals surface area (Å²) in [5, 5.41) is 0. The van der Waals surface area contributed by atoms with Gasteiger partial charge in [0.1, 0.15) is 0 Å². The number of benzene rings is 1. The van der Waals surface area contributed by atoms with Gasteiger partial charge in [0, 0.05) is 5.56 Å². The van der Waals surface area contributed by atoms with Gasteiger partial charge in [-0.2, -0.15) is 13.2 Å². The molecular formula is C12H14F3NO2. The van der Waals surface area contributed by atoms with Gasteiger partial charge >= 0.3 is 6.18 Å². The molecule has 1 heterocycles. The summed E-state index contributed by atoms with van der Waals surface area (Å²) >= 11 is 0. The fraction of sp³-hybridized carbons (Fsp3) is 0.500. The third-order valence-corrected chi connectivity index (χ3v) is 2.75. The lowest BCUT2D eigenvalue weighted by molar-refractivity contribution is -0.137. The van der Waals surface area contributed by atoms with Crippen molar-refractivity contribution in [2.24, 2.45) is 5.73 Å². The van der Waals surface area contributed by atoms with Crippen molar-refractivity contribution in [2.75, 3.05) is 13.2 Å². The second kappa shape index (κ2) is 5.26. The van der Waals surface area contributed by atoms with E-state index < -0.39 is 18.0 Å². The first-order chi connectivity index (χ1) is 8.50. The molecule has 2 unspecified atom stereocenters. The molecule has 1 aromatic rings. The average Bonchev–Trinajstić information content (AvgIpc) is 2.77. The maximum atomic E-state index is 12.4. The molecular weight excluding hydrogens is 247 g/mol. The third kappa shape index (κ3) is 3.01. The monoisotopic (exact) mass is 261 g/mol. The Bertz CT molecular complexity index is 391. The van der Waals surface area contributed by atoms with Gasteiger partial charge in [0.15, 0.2) is 6.29 Å². The Morgan fingerprint density at radius 2 is 1.89 bits per heavy atom. The van der Waals surface area contributed by atoms with Crippen LogP contribution in [0, 0.1) is 0 Å². The Kier molecular flexibility index (Phi) is 3.89. The minimum Gasteiger partial charge on any atom is -0.346 e. The highest BCUT2D eigenvalue weighted by atomic mass is 19.4. The van der Waals surface area contributed by atoms with Gasteiger partial charge < -0.3 is 15.2 Å². The van der Waals surface area contributed by atoms with Crippen molar-refractivity contribution >= 4 is 0 Å². The van der Waals surface area contributed by atoms with E-state index in [9.17, 15) is 13.2 Å². The molecule has 0 bridgehead atoms. The van der Waals surface area contributed by atoms with Crippen molar-refractivity contribution in [3.05, 3.63) is 35.4 Å². The highest BCUT2D eigenvalue weighted by Gasteiger charge is 2.31. The first kappa shape index (κ1) is 13.3. The summed E-state index contributed by atoms with van der Waals surface area (Å²) < 4.78 is 48.0. The lowest BCUT2D eigenvalue weighted by atomic mass is 10.1. The van der Waals surface area contributed by atoms with Crippen LogP contribution in [0.1, 0.15) is 23.8 Å². The summed E-state index contributed by atoms with van der Waals surface area (Å²) in [6.07, 6.45) is -4.32. The van der Waals surface area contributed by atoms with Crippen LogP contribution in [0.5, 0.6) is 0 Å². The maximum Gasteiger partial charge on any atom is 0.416 e. The van der Waals surface area contributed by atoms with Crippen LogP contribution in [0.15, 0.2) is 24.3 Å². The Hall–Kier alpha value is -1.11. The van der Waals surface area contributed by atoms with Crippen molar-refractivity contribution < 1.29 is 22.6 Å². The second-order valence-corrected chi connectivity index (χ2v) is 4.12. The number of ether oxygens (including phenoxy) is 2. The zero-order valence-electron chi connectivity index (χ0n) is 9.61. The summed E-state index contributed by atoms with van der Waals surface area (Å²) in [7, 11) is 0. The van der Waals surface area contributed by atoms with Crippen LogP contribution in [0.2, 0.25) is 0 Å². The molecule has 0 radical (unpaired) electrons. The van der Waals surface area contributed by atoms with Crippen molar-refractivity contribution in [3.63, 3.8) is 0 Å². The van der Waals surface area contributed by atoms with E-state index in [1.54, 1.807) is 0 Å². The van der Waals surface area contributed by atoms with Crippen molar-refractivity contribution in [1.82, 2.24) is 0 Å². The number of alkyl halides is 3. The van der Waals surface area contributed by atoms with E-state index in [0.29, 0.717) is 25.1 Å². The van der Waals surface area contributed by atoms with Gasteiger partial charge in [-0.05, 0) is 25.1 Å². The molecule has 1 aliphatic heterocycles. The van der Waals surface area contributed by atoms with Crippen LogP contribution in [-0.2, 0) is 15.7 Å². The van der Waals surface area contributed by atoms with E-state index in [2.05, 4.69) is 0 Å². The minimum absolute atomic E-state index is 0.0812. The van der Waals surface area contributed by atoms with Gasteiger partial charge in [0.05, 0.1) is 18.3 Å². The van der Waals surface area contributed by atoms with Gasteiger partial charge in [-0.25, -0.2) is 0 Å². The van der Waals surface area contributed by atoms with Gasteiger partial charge in [-0.1, -0.05) is 12.1 Å². The molecule has 1 aromatic carbocycles. The van der Waals surface area contributed by atoms with E-state index in [1.807, 2.05) is 0 Å². The molecule has 0 amide bonds. The van der Waals surface area contributed by atoms with Crippen molar-refractivity contribution in [1.29, 1.82) is 0 Å². The van der Waals surface area contributed by atoms with Crippen LogP contribution in [0.4, 0.5) is 13.2 Å². The smallest absolute Gasteiger partial charge is 0.346 e. The van der Waals surface area contributed by atoms with E-state index in [4.69, 9.17) is 15.2 Å². The summed E-state index contributed by atoms with van der Waals surface area (Å²) in [5.41, 5.74) is 5.31. The Labute approximate surface area is 103 Å². The third-order valence-electron chi connectivity index (χ3n) is 2.75. The first-order valence-electron chi connectivity index (χ1n) is 5.65. The molecule has 1 fully saturated rings. The van der Waals surface area contributed by atoms with E-state index in [-0.39, 0.29) is 6.10 Å². The molecule has 2 N–H and O–H groups in total. The van der Waals surface area contributed by atoms with Gasteiger partial charge in [-0.3, -0.25) is 0 Å². The molecule has 2 rings (SSSR count). The van der Waals surface area contributed by atoms with Crippen LogP contribution in [-0.4, -0.2) is 19.3 Å². The van der Waals surface area contributed by atoms with Crippen molar-refractivity contribution in [3.8, 4) is 0 Å². The number of rotatable bonds is 3. The second-order valence-electron chi connectivity index (χ2n) is 4.12. The van der Waals surface area contributed by atoms with Crippen LogP contribution in [0.3, 0.4) is 0 Å². The molecule has 0 aromatic heterocycles. The lowest BCUT2D eigenvalue weighted by Crippen LogP contribution is -2.15. The summed E-state index contributed by atoms with van der Waals surface area (Å²) in [4.78, 5) is 0. The maximum absolute atomic E-state index is 12.4.